The molecule has 0 spiro atoms. The van der Waals surface area contributed by atoms with E-state index >= 15 is 0 Å². The van der Waals surface area contributed by atoms with E-state index < -0.39 is 0 Å². The Morgan fingerprint density at radius 3 is 2.64 bits per heavy atom. The summed E-state index contributed by atoms with van der Waals surface area (Å²) in [4.78, 5) is 0. The minimum atomic E-state index is 0.326. The van der Waals surface area contributed by atoms with E-state index in [1.165, 1.54) is 12.8 Å². The van der Waals surface area contributed by atoms with Gasteiger partial charge in [-0.3, -0.25) is 11.3 Å². The van der Waals surface area contributed by atoms with Gasteiger partial charge in [0, 0.05) is 13.2 Å². The quantitative estimate of drug-likeness (QED) is 0.453. The van der Waals surface area contributed by atoms with Gasteiger partial charge >= 0.3 is 0 Å². The van der Waals surface area contributed by atoms with E-state index in [9.17, 15) is 0 Å². The molecule has 0 aromatic carbocycles. The first-order valence-electron chi connectivity index (χ1n) is 4.24. The van der Waals surface area contributed by atoms with Gasteiger partial charge in [0.25, 0.3) is 0 Å². The first kappa shape index (κ1) is 8.97. The molecule has 1 saturated carbocycles. The van der Waals surface area contributed by atoms with Gasteiger partial charge in [0.1, 0.15) is 0 Å². The molecule has 2 unspecified atom stereocenters. The lowest BCUT2D eigenvalue weighted by atomic mass is 9.98. The molecule has 0 heterocycles. The second-order valence-corrected chi connectivity index (χ2v) is 3.43. The summed E-state index contributed by atoms with van der Waals surface area (Å²) in [7, 11) is 1.71. The number of nitrogens with one attached hydrogen (secondary N) is 1. The van der Waals surface area contributed by atoms with Crippen LogP contribution in [0.5, 0.6) is 0 Å². The third kappa shape index (κ3) is 2.43. The minimum Gasteiger partial charge on any atom is -0.383 e. The summed E-state index contributed by atoms with van der Waals surface area (Å²) >= 11 is 0. The van der Waals surface area contributed by atoms with Crippen molar-refractivity contribution in [3.63, 3.8) is 0 Å². The molecule has 0 amide bonds. The highest BCUT2D eigenvalue weighted by Gasteiger charge is 2.32. The van der Waals surface area contributed by atoms with Crippen molar-refractivity contribution in [2.75, 3.05) is 13.7 Å². The Kier molecular flexibility index (Phi) is 3.30. The van der Waals surface area contributed by atoms with E-state index in [4.69, 9.17) is 10.6 Å². The van der Waals surface area contributed by atoms with E-state index in [1.807, 2.05) is 0 Å². The van der Waals surface area contributed by atoms with Gasteiger partial charge in [-0.15, -0.1) is 0 Å². The van der Waals surface area contributed by atoms with Crippen LogP contribution in [0.3, 0.4) is 0 Å². The molecule has 0 aliphatic heterocycles. The molecule has 0 saturated heterocycles. The van der Waals surface area contributed by atoms with Gasteiger partial charge in [-0.05, 0) is 24.7 Å². The molecule has 2 atom stereocenters. The molecule has 0 aromatic rings. The third-order valence-corrected chi connectivity index (χ3v) is 2.56. The zero-order valence-electron chi connectivity index (χ0n) is 7.34. The molecule has 3 N–H and O–H groups in total. The van der Waals surface area contributed by atoms with Crippen molar-refractivity contribution < 1.29 is 4.74 Å². The van der Waals surface area contributed by atoms with Crippen LogP contribution in [0.1, 0.15) is 19.8 Å². The van der Waals surface area contributed by atoms with E-state index in [2.05, 4.69) is 12.3 Å². The molecule has 3 heteroatoms. The third-order valence-electron chi connectivity index (χ3n) is 2.56. The largest absolute Gasteiger partial charge is 0.383 e. The first-order valence-corrected chi connectivity index (χ1v) is 4.24. The second kappa shape index (κ2) is 4.04. The van der Waals surface area contributed by atoms with Crippen LogP contribution in [0.2, 0.25) is 0 Å². The van der Waals surface area contributed by atoms with Gasteiger partial charge in [-0.25, -0.2) is 0 Å². The zero-order valence-corrected chi connectivity index (χ0v) is 7.34. The number of methoxy groups -OCH3 is 1. The Balaban J connectivity index is 2.26. The molecule has 0 radical (unpaired) electrons. The van der Waals surface area contributed by atoms with Gasteiger partial charge < -0.3 is 4.74 Å². The SMILES string of the molecule is COCC(NN)C(C)C1CC1. The Morgan fingerprint density at radius 2 is 2.27 bits per heavy atom. The van der Waals surface area contributed by atoms with Crippen LogP contribution >= 0.6 is 0 Å². The number of rotatable bonds is 5. The van der Waals surface area contributed by atoms with E-state index in [1.54, 1.807) is 7.11 Å². The Morgan fingerprint density at radius 1 is 1.64 bits per heavy atom. The predicted molar refractivity (Wildman–Crippen MR) is 44.9 cm³/mol. The highest BCUT2D eigenvalue weighted by atomic mass is 16.5. The van der Waals surface area contributed by atoms with Crippen molar-refractivity contribution in [2.45, 2.75) is 25.8 Å². The fraction of sp³-hybridized carbons (Fsp3) is 1.00. The van der Waals surface area contributed by atoms with Gasteiger partial charge in [0.05, 0.1) is 6.61 Å². The summed E-state index contributed by atoms with van der Waals surface area (Å²) in [5.74, 6) is 6.93. The van der Waals surface area contributed by atoms with E-state index in [0.717, 1.165) is 5.92 Å². The van der Waals surface area contributed by atoms with Gasteiger partial charge in [-0.1, -0.05) is 6.92 Å². The summed E-state index contributed by atoms with van der Waals surface area (Å²) in [6, 6.07) is 0.326. The molecule has 0 aromatic heterocycles. The summed E-state index contributed by atoms with van der Waals surface area (Å²) in [6.45, 7) is 2.95. The smallest absolute Gasteiger partial charge is 0.0632 e. The molecular formula is C8H18N2O. The second-order valence-electron chi connectivity index (χ2n) is 3.43. The maximum absolute atomic E-state index is 5.40. The fourth-order valence-electron chi connectivity index (χ4n) is 1.48. The number of nitrogens with two attached hydrogens (primary N) is 1. The predicted octanol–water partition coefficient (Wildman–Crippen LogP) is 0.511. The van der Waals surface area contributed by atoms with Crippen molar-refractivity contribution in [1.82, 2.24) is 5.43 Å². The maximum atomic E-state index is 5.40. The topological polar surface area (TPSA) is 47.3 Å². The average molecular weight is 158 g/mol. The molecular weight excluding hydrogens is 140 g/mol. The summed E-state index contributed by atoms with van der Waals surface area (Å²) < 4.78 is 5.05. The highest BCUT2D eigenvalue weighted by Crippen LogP contribution is 2.37. The average Bonchev–Trinajstić information content (AvgIpc) is 2.81. The summed E-state index contributed by atoms with van der Waals surface area (Å²) in [5, 5.41) is 0. The van der Waals surface area contributed by atoms with Crippen molar-refractivity contribution >= 4 is 0 Å². The molecule has 1 fully saturated rings. The standard InChI is InChI=1S/C8H18N2O/c1-6(7-3-4-7)8(10-9)5-11-2/h6-8,10H,3-5,9H2,1-2H3. The highest BCUT2D eigenvalue weighted by molar-refractivity contribution is 4.85. The lowest BCUT2D eigenvalue weighted by Crippen LogP contribution is -2.43. The molecule has 0 bridgehead atoms. The molecule has 11 heavy (non-hydrogen) atoms. The summed E-state index contributed by atoms with van der Waals surface area (Å²) in [5.41, 5.74) is 2.80. The molecule has 1 aliphatic carbocycles. The maximum Gasteiger partial charge on any atom is 0.0632 e. The number of ether oxygens (including phenoxy) is 1. The van der Waals surface area contributed by atoms with Gasteiger partial charge in [-0.2, -0.15) is 0 Å². The minimum absolute atomic E-state index is 0.326. The van der Waals surface area contributed by atoms with Crippen molar-refractivity contribution in [2.24, 2.45) is 17.7 Å². The van der Waals surface area contributed by atoms with Crippen LogP contribution in [0, 0.1) is 11.8 Å². The fourth-order valence-corrected chi connectivity index (χ4v) is 1.48. The van der Waals surface area contributed by atoms with Crippen molar-refractivity contribution in [3.8, 4) is 0 Å². The summed E-state index contributed by atoms with van der Waals surface area (Å²) in [6.07, 6.45) is 2.73. The van der Waals surface area contributed by atoms with E-state index in [-0.39, 0.29) is 0 Å². The lowest BCUT2D eigenvalue weighted by Gasteiger charge is -2.21. The Bertz CT molecular complexity index is 115. The van der Waals surface area contributed by atoms with Crippen LogP contribution in [0.25, 0.3) is 0 Å². The zero-order chi connectivity index (χ0) is 8.27. The van der Waals surface area contributed by atoms with Crippen LogP contribution in [0.15, 0.2) is 0 Å². The number of hydrazine groups is 1. The van der Waals surface area contributed by atoms with Crippen molar-refractivity contribution in [1.29, 1.82) is 0 Å². The number of hydrogen-bond donors (Lipinski definition) is 2. The van der Waals surface area contributed by atoms with Gasteiger partial charge in [0.2, 0.25) is 0 Å². The van der Waals surface area contributed by atoms with Crippen LogP contribution in [-0.4, -0.2) is 19.8 Å². The molecule has 1 aliphatic rings. The van der Waals surface area contributed by atoms with Crippen LogP contribution in [0.4, 0.5) is 0 Å². The Hall–Kier alpha value is -0.120. The van der Waals surface area contributed by atoms with Gasteiger partial charge in [0.15, 0.2) is 0 Å². The van der Waals surface area contributed by atoms with E-state index in [0.29, 0.717) is 18.6 Å². The van der Waals surface area contributed by atoms with Crippen LogP contribution in [-0.2, 0) is 4.74 Å². The Labute approximate surface area is 68.3 Å². The normalized spacial score (nSPS) is 23.2. The molecule has 1 rings (SSSR count). The molecule has 3 nitrogen and oxygen atoms in total. The molecule has 66 valence electrons. The lowest BCUT2D eigenvalue weighted by molar-refractivity contribution is 0.138. The number of hydrogen-bond acceptors (Lipinski definition) is 3. The van der Waals surface area contributed by atoms with Crippen molar-refractivity contribution in [3.05, 3.63) is 0 Å². The van der Waals surface area contributed by atoms with Crippen LogP contribution < -0.4 is 11.3 Å². The first-order chi connectivity index (χ1) is 5.29. The monoisotopic (exact) mass is 158 g/mol.